The van der Waals surface area contributed by atoms with Gasteiger partial charge in [-0.2, -0.15) is 0 Å². The fourth-order valence-electron chi connectivity index (χ4n) is 1.62. The van der Waals surface area contributed by atoms with Crippen molar-refractivity contribution < 1.29 is 14.7 Å². The zero-order chi connectivity index (χ0) is 13.2. The summed E-state index contributed by atoms with van der Waals surface area (Å²) in [5.41, 5.74) is 0.587. The molecule has 1 aromatic carbocycles. The average Bonchev–Trinajstić information content (AvgIpc) is 2.25. The Bertz CT molecular complexity index is 441. The molecule has 1 atom stereocenters. The van der Waals surface area contributed by atoms with Gasteiger partial charge in [0, 0.05) is 11.0 Å². The van der Waals surface area contributed by atoms with Gasteiger partial charge in [0.15, 0.2) is 5.78 Å². The number of hydrogen-bond donors (Lipinski definition) is 1. The van der Waals surface area contributed by atoms with Crippen LogP contribution in [0.25, 0.3) is 0 Å². The number of rotatable bonds is 3. The molecule has 92 valence electrons. The summed E-state index contributed by atoms with van der Waals surface area (Å²) in [6.07, 6.45) is 0. The Kier molecular flexibility index (Phi) is 3.71. The maximum Gasteiger partial charge on any atom is 0.310 e. The lowest BCUT2D eigenvalue weighted by Gasteiger charge is -2.20. The van der Waals surface area contributed by atoms with Gasteiger partial charge in [0.05, 0.1) is 5.92 Å². The number of carbonyl (C=O) groups is 2. The first kappa shape index (κ1) is 13.4. The quantitative estimate of drug-likeness (QED) is 0.817. The molecule has 0 spiro atoms. The van der Waals surface area contributed by atoms with Gasteiger partial charge in [-0.1, -0.05) is 45.0 Å². The second-order valence-electron chi connectivity index (χ2n) is 5.23. The van der Waals surface area contributed by atoms with Crippen LogP contribution in [0.4, 0.5) is 0 Å². The molecule has 17 heavy (non-hydrogen) atoms. The first-order valence-electron chi connectivity index (χ1n) is 5.61. The van der Waals surface area contributed by atoms with Gasteiger partial charge in [0.2, 0.25) is 0 Å². The van der Waals surface area contributed by atoms with Gasteiger partial charge in [0.25, 0.3) is 0 Å². The van der Waals surface area contributed by atoms with E-state index in [9.17, 15) is 9.59 Å². The summed E-state index contributed by atoms with van der Waals surface area (Å²) in [6, 6.07) is 6.92. The predicted molar refractivity (Wildman–Crippen MR) is 66.3 cm³/mol. The largest absolute Gasteiger partial charge is 0.481 e. The molecule has 3 heteroatoms. The third-order valence-electron chi connectivity index (χ3n) is 2.72. The number of hydrogen-bond acceptors (Lipinski definition) is 2. The smallest absolute Gasteiger partial charge is 0.310 e. The van der Waals surface area contributed by atoms with Crippen molar-refractivity contribution in [2.75, 3.05) is 0 Å². The van der Waals surface area contributed by atoms with Gasteiger partial charge in [-0.25, -0.2) is 0 Å². The van der Waals surface area contributed by atoms with Gasteiger partial charge in [-0.15, -0.1) is 0 Å². The maximum atomic E-state index is 12.2. The van der Waals surface area contributed by atoms with Gasteiger partial charge < -0.3 is 5.11 Å². The highest BCUT2D eigenvalue weighted by Crippen LogP contribution is 2.27. The summed E-state index contributed by atoms with van der Waals surface area (Å²) in [4.78, 5) is 23.2. The van der Waals surface area contributed by atoms with E-state index in [4.69, 9.17) is 5.11 Å². The van der Waals surface area contributed by atoms with E-state index in [0.717, 1.165) is 0 Å². The van der Waals surface area contributed by atoms with E-state index < -0.39 is 17.3 Å². The number of aliphatic carboxylic acids is 1. The molecular formula is C14H18O3. The molecule has 3 nitrogen and oxygen atoms in total. The maximum absolute atomic E-state index is 12.2. The van der Waals surface area contributed by atoms with Crippen molar-refractivity contribution in [1.29, 1.82) is 0 Å². The molecule has 0 saturated carbocycles. The zero-order valence-electron chi connectivity index (χ0n) is 10.7. The van der Waals surface area contributed by atoms with E-state index >= 15 is 0 Å². The zero-order valence-corrected chi connectivity index (χ0v) is 10.7. The first-order valence-corrected chi connectivity index (χ1v) is 5.61. The Balaban J connectivity index is 3.26. The first-order chi connectivity index (χ1) is 7.75. The van der Waals surface area contributed by atoms with Crippen LogP contribution in [-0.4, -0.2) is 16.9 Å². The molecule has 0 saturated heterocycles. The van der Waals surface area contributed by atoms with Gasteiger partial charge in [-0.05, 0) is 12.5 Å². The average molecular weight is 234 g/mol. The molecule has 0 fully saturated rings. The van der Waals surface area contributed by atoms with Crippen LogP contribution in [0.1, 0.15) is 49.5 Å². The van der Waals surface area contributed by atoms with E-state index in [0.29, 0.717) is 11.1 Å². The predicted octanol–water partition coefficient (Wildman–Crippen LogP) is 3.10. The van der Waals surface area contributed by atoms with E-state index in [-0.39, 0.29) is 5.78 Å². The number of benzene rings is 1. The lowest BCUT2D eigenvalue weighted by Crippen LogP contribution is -2.23. The van der Waals surface area contributed by atoms with Crippen molar-refractivity contribution >= 4 is 11.8 Å². The molecule has 1 unspecified atom stereocenters. The molecule has 1 rings (SSSR count). The van der Waals surface area contributed by atoms with Gasteiger partial charge >= 0.3 is 5.97 Å². The van der Waals surface area contributed by atoms with Crippen LogP contribution in [0.15, 0.2) is 24.3 Å². The van der Waals surface area contributed by atoms with Crippen LogP contribution in [0, 0.1) is 5.41 Å². The molecular weight excluding hydrogens is 216 g/mol. The van der Waals surface area contributed by atoms with E-state index in [1.165, 1.54) is 0 Å². The number of carbonyl (C=O) groups excluding carboxylic acids is 1. The van der Waals surface area contributed by atoms with Crippen molar-refractivity contribution in [2.45, 2.75) is 33.6 Å². The molecule has 0 aliphatic rings. The van der Waals surface area contributed by atoms with Crippen LogP contribution in [0.3, 0.4) is 0 Å². The SMILES string of the molecule is CC(C(=O)O)c1ccccc1C(=O)C(C)(C)C. The summed E-state index contributed by atoms with van der Waals surface area (Å²) in [5.74, 6) is -1.61. The van der Waals surface area contributed by atoms with E-state index in [1.807, 2.05) is 20.8 Å². The molecule has 0 amide bonds. The topological polar surface area (TPSA) is 54.4 Å². The number of ketones is 1. The van der Waals surface area contributed by atoms with Crippen molar-refractivity contribution in [3.8, 4) is 0 Å². The Morgan fingerprint density at radius 1 is 1.18 bits per heavy atom. The standard InChI is InChI=1S/C14H18O3/c1-9(13(16)17)10-7-5-6-8-11(10)12(15)14(2,3)4/h5-9H,1-4H3,(H,16,17). The Morgan fingerprint density at radius 3 is 2.18 bits per heavy atom. The van der Waals surface area contributed by atoms with E-state index in [2.05, 4.69) is 0 Å². The fourth-order valence-corrected chi connectivity index (χ4v) is 1.62. The van der Waals surface area contributed by atoms with Crippen LogP contribution < -0.4 is 0 Å². The minimum Gasteiger partial charge on any atom is -0.481 e. The van der Waals surface area contributed by atoms with E-state index in [1.54, 1.807) is 31.2 Å². The molecule has 1 N–H and O–H groups in total. The highest BCUT2D eigenvalue weighted by Gasteiger charge is 2.27. The summed E-state index contributed by atoms with van der Waals surface area (Å²) < 4.78 is 0. The number of carboxylic acids is 1. The molecule has 1 aromatic rings. The van der Waals surface area contributed by atoms with Crippen molar-refractivity contribution in [1.82, 2.24) is 0 Å². The number of carboxylic acid groups (broad SMARTS) is 1. The normalized spacial score (nSPS) is 13.2. The minimum absolute atomic E-state index is 0.0267. The molecule has 0 radical (unpaired) electrons. The summed E-state index contributed by atoms with van der Waals surface area (Å²) in [5, 5.41) is 9.03. The molecule has 0 bridgehead atoms. The summed E-state index contributed by atoms with van der Waals surface area (Å²) in [6.45, 7) is 7.09. The highest BCUT2D eigenvalue weighted by atomic mass is 16.4. The Hall–Kier alpha value is -1.64. The van der Waals surface area contributed by atoms with Crippen LogP contribution in [-0.2, 0) is 4.79 Å². The van der Waals surface area contributed by atoms with Crippen LogP contribution in [0.5, 0.6) is 0 Å². The highest BCUT2D eigenvalue weighted by molar-refractivity contribution is 6.02. The molecule has 0 aromatic heterocycles. The van der Waals surface area contributed by atoms with Crippen molar-refractivity contribution in [2.24, 2.45) is 5.41 Å². The van der Waals surface area contributed by atoms with Crippen LogP contribution >= 0.6 is 0 Å². The molecule has 0 heterocycles. The summed E-state index contributed by atoms with van der Waals surface area (Å²) >= 11 is 0. The van der Waals surface area contributed by atoms with Crippen molar-refractivity contribution in [3.05, 3.63) is 35.4 Å². The molecule has 0 aliphatic heterocycles. The second-order valence-corrected chi connectivity index (χ2v) is 5.23. The monoisotopic (exact) mass is 234 g/mol. The number of Topliss-reactive ketones (excluding diaryl/α,β-unsaturated/α-hetero) is 1. The Labute approximate surface area is 101 Å². The van der Waals surface area contributed by atoms with Crippen molar-refractivity contribution in [3.63, 3.8) is 0 Å². The second kappa shape index (κ2) is 4.70. The third-order valence-corrected chi connectivity index (χ3v) is 2.72. The van der Waals surface area contributed by atoms with Gasteiger partial charge in [0.1, 0.15) is 0 Å². The molecule has 0 aliphatic carbocycles. The summed E-state index contributed by atoms with van der Waals surface area (Å²) in [7, 11) is 0. The Morgan fingerprint density at radius 2 is 1.71 bits per heavy atom. The lowest BCUT2D eigenvalue weighted by atomic mass is 9.82. The lowest BCUT2D eigenvalue weighted by molar-refractivity contribution is -0.138. The fraction of sp³-hybridized carbons (Fsp3) is 0.429. The minimum atomic E-state index is -0.917. The third kappa shape index (κ3) is 2.93. The van der Waals surface area contributed by atoms with Crippen LogP contribution in [0.2, 0.25) is 0 Å². The van der Waals surface area contributed by atoms with Gasteiger partial charge in [-0.3, -0.25) is 9.59 Å².